The van der Waals surface area contributed by atoms with E-state index < -0.39 is 0 Å². The third-order valence-corrected chi connectivity index (χ3v) is 3.49. The summed E-state index contributed by atoms with van der Waals surface area (Å²) in [7, 11) is 1.83. The summed E-state index contributed by atoms with van der Waals surface area (Å²) >= 11 is 0. The number of aliphatic imine (C=N–C) groups is 1. The van der Waals surface area contributed by atoms with E-state index in [9.17, 15) is 0 Å². The van der Waals surface area contributed by atoms with Gasteiger partial charge in [-0.2, -0.15) is 0 Å². The maximum Gasteiger partial charge on any atom is 0.191 e. The number of hydrogen-bond donors (Lipinski definition) is 2. The van der Waals surface area contributed by atoms with Crippen molar-refractivity contribution in [3.63, 3.8) is 0 Å². The topological polar surface area (TPSA) is 41.4 Å². The maximum atomic E-state index is 4.26. The largest absolute Gasteiger partial charge is 0.356 e. The molecule has 2 rings (SSSR count). The van der Waals surface area contributed by atoms with Gasteiger partial charge in [0.1, 0.15) is 0 Å². The summed E-state index contributed by atoms with van der Waals surface area (Å²) in [5, 5.41) is 6.76. The second-order valence-corrected chi connectivity index (χ2v) is 4.95. The lowest BCUT2D eigenvalue weighted by Crippen LogP contribution is -2.41. The number of allylic oxidation sites excluding steroid dienone is 2. The summed E-state index contributed by atoms with van der Waals surface area (Å²) in [6.07, 6.45) is 12.4. The van der Waals surface area contributed by atoms with Gasteiger partial charge in [0.2, 0.25) is 0 Å². The van der Waals surface area contributed by atoms with E-state index in [1.165, 1.54) is 19.3 Å². The minimum Gasteiger partial charge on any atom is -0.356 e. The zero-order chi connectivity index (χ0) is 13.3. The van der Waals surface area contributed by atoms with Crippen LogP contribution in [0.25, 0.3) is 0 Å². The standard InChI is InChI=1S/C15H24N4.HI/c1-16-15(17-9-12-19-10-5-6-11-19)18-13-14-7-3-2-4-8-14;/h2-3,5-6,10-11,14H,4,7-9,12-13H2,1H3,(H2,16,17,18);1H. The molecule has 2 N–H and O–H groups in total. The molecule has 0 aromatic carbocycles. The van der Waals surface area contributed by atoms with Crippen LogP contribution in [0.1, 0.15) is 19.3 Å². The lowest BCUT2D eigenvalue weighted by Gasteiger charge is -2.20. The zero-order valence-corrected chi connectivity index (χ0v) is 14.4. The third kappa shape index (κ3) is 5.98. The molecule has 0 bridgehead atoms. The van der Waals surface area contributed by atoms with Crippen molar-refractivity contribution in [1.29, 1.82) is 0 Å². The van der Waals surface area contributed by atoms with E-state index in [-0.39, 0.29) is 24.0 Å². The van der Waals surface area contributed by atoms with Crippen LogP contribution in [-0.4, -0.2) is 30.7 Å². The van der Waals surface area contributed by atoms with Gasteiger partial charge < -0.3 is 15.2 Å². The van der Waals surface area contributed by atoms with E-state index in [0.717, 1.165) is 31.5 Å². The average molecular weight is 388 g/mol. The number of rotatable bonds is 5. The second kappa shape index (κ2) is 9.85. The van der Waals surface area contributed by atoms with E-state index in [4.69, 9.17) is 0 Å². The molecule has 0 aliphatic heterocycles. The van der Waals surface area contributed by atoms with Crippen molar-refractivity contribution in [1.82, 2.24) is 15.2 Å². The van der Waals surface area contributed by atoms with Crippen LogP contribution in [0, 0.1) is 5.92 Å². The van der Waals surface area contributed by atoms with Crippen LogP contribution in [0.4, 0.5) is 0 Å². The van der Waals surface area contributed by atoms with E-state index in [2.05, 4.69) is 44.7 Å². The Bertz CT molecular complexity index is 412. The predicted octanol–water partition coefficient (Wildman–Crippen LogP) is 2.63. The molecule has 4 nitrogen and oxygen atoms in total. The molecule has 1 aliphatic rings. The second-order valence-electron chi connectivity index (χ2n) is 4.95. The first-order valence-corrected chi connectivity index (χ1v) is 7.09. The Morgan fingerprint density at radius 2 is 2.05 bits per heavy atom. The highest BCUT2D eigenvalue weighted by Crippen LogP contribution is 2.16. The third-order valence-electron chi connectivity index (χ3n) is 3.49. The number of hydrogen-bond acceptors (Lipinski definition) is 1. The molecule has 1 heterocycles. The van der Waals surface area contributed by atoms with Crippen LogP contribution in [0.2, 0.25) is 0 Å². The summed E-state index contributed by atoms with van der Waals surface area (Å²) < 4.78 is 2.16. The van der Waals surface area contributed by atoms with Gasteiger partial charge >= 0.3 is 0 Å². The quantitative estimate of drug-likeness (QED) is 0.353. The molecule has 0 radical (unpaired) electrons. The SMILES string of the molecule is CN=C(NCCn1cccc1)NCC1CC=CCC1.I. The Morgan fingerprint density at radius 3 is 2.70 bits per heavy atom. The number of aromatic nitrogens is 1. The fraction of sp³-hybridized carbons (Fsp3) is 0.533. The Labute approximate surface area is 138 Å². The van der Waals surface area contributed by atoms with Crippen LogP contribution in [-0.2, 0) is 6.54 Å². The van der Waals surface area contributed by atoms with Crippen LogP contribution >= 0.6 is 24.0 Å². The molecule has 1 aliphatic carbocycles. The maximum absolute atomic E-state index is 4.26. The van der Waals surface area contributed by atoms with Crippen molar-refractivity contribution in [2.75, 3.05) is 20.1 Å². The van der Waals surface area contributed by atoms with Crippen molar-refractivity contribution >= 4 is 29.9 Å². The van der Waals surface area contributed by atoms with Crippen LogP contribution in [0.3, 0.4) is 0 Å². The number of guanidine groups is 1. The first-order chi connectivity index (χ1) is 9.38. The minimum atomic E-state index is 0. The number of halogens is 1. The lowest BCUT2D eigenvalue weighted by molar-refractivity contribution is 0.469. The molecule has 0 saturated carbocycles. The monoisotopic (exact) mass is 388 g/mol. The Hall–Kier alpha value is -0.980. The van der Waals surface area contributed by atoms with E-state index >= 15 is 0 Å². The first-order valence-electron chi connectivity index (χ1n) is 7.09. The molecule has 1 aromatic heterocycles. The highest BCUT2D eigenvalue weighted by Gasteiger charge is 2.09. The Kier molecular flexibility index (Phi) is 8.41. The Balaban J connectivity index is 0.00000200. The van der Waals surface area contributed by atoms with Gasteiger partial charge in [-0.1, -0.05) is 12.2 Å². The van der Waals surface area contributed by atoms with Gasteiger partial charge in [0.05, 0.1) is 0 Å². The average Bonchev–Trinajstić information content (AvgIpc) is 2.97. The normalized spacial score (nSPS) is 18.4. The highest BCUT2D eigenvalue weighted by molar-refractivity contribution is 14.0. The first kappa shape index (κ1) is 17.1. The molecule has 0 fully saturated rings. The summed E-state index contributed by atoms with van der Waals surface area (Å²) in [5.41, 5.74) is 0. The molecule has 5 heteroatoms. The van der Waals surface area contributed by atoms with Gasteiger partial charge in [-0.05, 0) is 37.3 Å². The molecule has 20 heavy (non-hydrogen) atoms. The summed E-state index contributed by atoms with van der Waals surface area (Å²) in [6.45, 7) is 2.85. The Morgan fingerprint density at radius 1 is 1.25 bits per heavy atom. The van der Waals surface area contributed by atoms with Crippen LogP contribution in [0.5, 0.6) is 0 Å². The molecule has 1 unspecified atom stereocenters. The summed E-state index contributed by atoms with van der Waals surface area (Å²) in [5.74, 6) is 1.65. The van der Waals surface area contributed by atoms with Crippen molar-refractivity contribution in [3.05, 3.63) is 36.7 Å². The highest BCUT2D eigenvalue weighted by atomic mass is 127. The van der Waals surface area contributed by atoms with Gasteiger partial charge in [0.15, 0.2) is 5.96 Å². The van der Waals surface area contributed by atoms with E-state index in [0.29, 0.717) is 0 Å². The number of nitrogens with one attached hydrogen (secondary N) is 2. The van der Waals surface area contributed by atoms with Gasteiger partial charge in [0, 0.05) is 39.1 Å². The van der Waals surface area contributed by atoms with Crippen molar-refractivity contribution < 1.29 is 0 Å². The van der Waals surface area contributed by atoms with E-state index in [1.807, 2.05) is 19.2 Å². The van der Waals surface area contributed by atoms with Crippen molar-refractivity contribution in [2.45, 2.75) is 25.8 Å². The molecule has 112 valence electrons. The fourth-order valence-corrected chi connectivity index (χ4v) is 2.33. The van der Waals surface area contributed by atoms with Crippen LogP contribution in [0.15, 0.2) is 41.7 Å². The molecule has 0 spiro atoms. The molecule has 1 aromatic rings. The van der Waals surface area contributed by atoms with Gasteiger partial charge in [-0.15, -0.1) is 24.0 Å². The van der Waals surface area contributed by atoms with Crippen molar-refractivity contribution in [2.24, 2.45) is 10.9 Å². The summed E-state index contributed by atoms with van der Waals surface area (Å²) in [6, 6.07) is 4.09. The molecule has 1 atom stereocenters. The van der Waals surface area contributed by atoms with E-state index in [1.54, 1.807) is 0 Å². The molecule has 0 amide bonds. The zero-order valence-electron chi connectivity index (χ0n) is 12.1. The van der Waals surface area contributed by atoms with Crippen LogP contribution < -0.4 is 10.6 Å². The van der Waals surface area contributed by atoms with Gasteiger partial charge in [0.25, 0.3) is 0 Å². The molecular formula is C15H25IN4. The van der Waals surface area contributed by atoms with Gasteiger partial charge in [-0.3, -0.25) is 4.99 Å². The predicted molar refractivity (Wildman–Crippen MR) is 95.7 cm³/mol. The summed E-state index contributed by atoms with van der Waals surface area (Å²) in [4.78, 5) is 4.26. The lowest BCUT2D eigenvalue weighted by atomic mass is 9.94. The van der Waals surface area contributed by atoms with Crippen molar-refractivity contribution in [3.8, 4) is 0 Å². The smallest absolute Gasteiger partial charge is 0.191 e. The number of nitrogens with zero attached hydrogens (tertiary/aromatic N) is 2. The fourth-order valence-electron chi connectivity index (χ4n) is 2.33. The molecular weight excluding hydrogens is 363 g/mol. The molecule has 0 saturated heterocycles. The van der Waals surface area contributed by atoms with Gasteiger partial charge in [-0.25, -0.2) is 0 Å². The minimum absolute atomic E-state index is 0.